The van der Waals surface area contributed by atoms with Crippen LogP contribution >= 0.6 is 15.9 Å². The number of hydrogen-bond donors (Lipinski definition) is 1. The highest BCUT2D eigenvalue weighted by Gasteiger charge is 2.11. The summed E-state index contributed by atoms with van der Waals surface area (Å²) in [6.45, 7) is 0. The largest absolute Gasteiger partial charge is 0.457 e. The van der Waals surface area contributed by atoms with Crippen molar-refractivity contribution in [3.8, 4) is 29.5 Å². The Hall–Kier alpha value is -3.27. The monoisotopic (exact) mass is 364 g/mol. The first-order valence-corrected chi connectivity index (χ1v) is 7.17. The normalized spacial score (nSPS) is 10.3. The van der Waals surface area contributed by atoms with Gasteiger partial charge in [0, 0.05) is 16.1 Å². The SMILES string of the molecule is N#CC(=Cc1ccc(-c2ccccc2Br)o1)C(N)=C(C#N)C#N. The van der Waals surface area contributed by atoms with E-state index in [0.29, 0.717) is 11.5 Å². The van der Waals surface area contributed by atoms with Crippen molar-refractivity contribution in [2.24, 2.45) is 5.73 Å². The van der Waals surface area contributed by atoms with Gasteiger partial charge in [-0.25, -0.2) is 0 Å². The van der Waals surface area contributed by atoms with E-state index in [2.05, 4.69) is 15.9 Å². The fourth-order valence-corrected chi connectivity index (χ4v) is 2.31. The van der Waals surface area contributed by atoms with Crippen LogP contribution in [-0.2, 0) is 0 Å². The van der Waals surface area contributed by atoms with Gasteiger partial charge in [-0.2, -0.15) is 15.8 Å². The van der Waals surface area contributed by atoms with Crippen LogP contribution < -0.4 is 5.73 Å². The van der Waals surface area contributed by atoms with Crippen LogP contribution in [0.2, 0.25) is 0 Å². The van der Waals surface area contributed by atoms with E-state index in [1.165, 1.54) is 6.08 Å². The zero-order valence-corrected chi connectivity index (χ0v) is 13.3. The molecule has 0 amide bonds. The summed E-state index contributed by atoms with van der Waals surface area (Å²) in [4.78, 5) is 0. The first-order chi connectivity index (χ1) is 11.1. The van der Waals surface area contributed by atoms with Crippen LogP contribution in [-0.4, -0.2) is 0 Å². The van der Waals surface area contributed by atoms with E-state index < -0.39 is 0 Å². The minimum absolute atomic E-state index is 0.00359. The Labute approximate surface area is 141 Å². The van der Waals surface area contributed by atoms with Gasteiger partial charge < -0.3 is 10.2 Å². The average molecular weight is 365 g/mol. The fraction of sp³-hybridized carbons (Fsp3) is 0. The second-order valence-corrected chi connectivity index (χ2v) is 5.22. The summed E-state index contributed by atoms with van der Waals surface area (Å²) < 4.78 is 6.55. The van der Waals surface area contributed by atoms with Crippen LogP contribution in [0.15, 0.2) is 62.1 Å². The van der Waals surface area contributed by atoms with E-state index in [1.807, 2.05) is 30.3 Å². The molecular weight excluding hydrogens is 356 g/mol. The Morgan fingerprint density at radius 2 is 1.74 bits per heavy atom. The van der Waals surface area contributed by atoms with Crippen molar-refractivity contribution in [2.75, 3.05) is 0 Å². The maximum absolute atomic E-state index is 9.17. The van der Waals surface area contributed by atoms with Gasteiger partial charge in [0.15, 0.2) is 5.57 Å². The summed E-state index contributed by atoms with van der Waals surface area (Å²) >= 11 is 3.44. The van der Waals surface area contributed by atoms with Crippen molar-refractivity contribution in [1.29, 1.82) is 15.8 Å². The molecule has 110 valence electrons. The molecule has 0 bridgehead atoms. The Bertz CT molecular complexity index is 916. The lowest BCUT2D eigenvalue weighted by Gasteiger charge is -2.00. The van der Waals surface area contributed by atoms with Gasteiger partial charge in [0.25, 0.3) is 0 Å². The summed E-state index contributed by atoms with van der Waals surface area (Å²) in [7, 11) is 0. The van der Waals surface area contributed by atoms with Crippen LogP contribution in [0.4, 0.5) is 0 Å². The topological polar surface area (TPSA) is 111 Å². The predicted octanol–water partition coefficient (Wildman–Crippen LogP) is 3.88. The highest BCUT2D eigenvalue weighted by Crippen LogP contribution is 2.30. The van der Waals surface area contributed by atoms with E-state index >= 15 is 0 Å². The number of halogens is 1. The van der Waals surface area contributed by atoms with Crippen molar-refractivity contribution < 1.29 is 4.42 Å². The van der Waals surface area contributed by atoms with Crippen LogP contribution in [0.3, 0.4) is 0 Å². The van der Waals surface area contributed by atoms with Crippen LogP contribution in [0.25, 0.3) is 17.4 Å². The maximum atomic E-state index is 9.17. The number of nitrogens with zero attached hydrogens (tertiary/aromatic N) is 3. The van der Waals surface area contributed by atoms with E-state index in [4.69, 9.17) is 25.9 Å². The Morgan fingerprint density at radius 3 is 2.35 bits per heavy atom. The molecule has 1 heterocycles. The number of hydrogen-bond acceptors (Lipinski definition) is 5. The van der Waals surface area contributed by atoms with Gasteiger partial charge in [0.2, 0.25) is 0 Å². The van der Waals surface area contributed by atoms with Gasteiger partial charge in [0.1, 0.15) is 29.7 Å². The highest BCUT2D eigenvalue weighted by molar-refractivity contribution is 9.10. The molecule has 2 aromatic rings. The lowest BCUT2D eigenvalue weighted by Crippen LogP contribution is -2.03. The van der Waals surface area contributed by atoms with E-state index in [9.17, 15) is 0 Å². The molecule has 0 aliphatic rings. The highest BCUT2D eigenvalue weighted by atomic mass is 79.9. The third-order valence-electron chi connectivity index (χ3n) is 2.96. The second-order valence-electron chi connectivity index (χ2n) is 4.36. The molecule has 23 heavy (non-hydrogen) atoms. The second kappa shape index (κ2) is 7.13. The van der Waals surface area contributed by atoms with Gasteiger partial charge in [-0.05, 0) is 18.2 Å². The average Bonchev–Trinajstić information content (AvgIpc) is 3.02. The third kappa shape index (κ3) is 3.49. The molecule has 0 aliphatic carbocycles. The first-order valence-electron chi connectivity index (χ1n) is 6.37. The van der Waals surface area contributed by atoms with Crippen LogP contribution in [0.5, 0.6) is 0 Å². The zero-order valence-electron chi connectivity index (χ0n) is 11.7. The van der Waals surface area contributed by atoms with Gasteiger partial charge >= 0.3 is 0 Å². The standard InChI is InChI=1S/C17H9BrN4O/c18-15-4-2-1-3-14(15)16-6-5-13(23-16)7-11(8-19)17(22)12(9-20)10-21/h1-7H,22H2. The fourth-order valence-electron chi connectivity index (χ4n) is 1.83. The summed E-state index contributed by atoms with van der Waals surface area (Å²) in [5, 5.41) is 26.8. The molecule has 5 nitrogen and oxygen atoms in total. The molecule has 0 fully saturated rings. The summed E-state index contributed by atoms with van der Waals surface area (Å²) in [5.41, 5.74) is 6.06. The summed E-state index contributed by atoms with van der Waals surface area (Å²) in [6, 6.07) is 16.2. The smallest absolute Gasteiger partial charge is 0.153 e. The molecule has 0 saturated heterocycles. The van der Waals surface area contributed by atoms with Crippen LogP contribution in [0, 0.1) is 34.0 Å². The zero-order chi connectivity index (χ0) is 16.8. The third-order valence-corrected chi connectivity index (χ3v) is 3.65. The summed E-state index contributed by atoms with van der Waals surface area (Å²) in [5.74, 6) is 1.01. The lowest BCUT2D eigenvalue weighted by molar-refractivity contribution is 0.571. The molecule has 0 aliphatic heterocycles. The number of nitrogens with two attached hydrogens (primary N) is 1. The van der Waals surface area contributed by atoms with Crippen molar-refractivity contribution >= 4 is 22.0 Å². The van der Waals surface area contributed by atoms with Gasteiger partial charge in [-0.15, -0.1) is 0 Å². The maximum Gasteiger partial charge on any atom is 0.153 e. The Morgan fingerprint density at radius 1 is 1.04 bits per heavy atom. The minimum Gasteiger partial charge on any atom is -0.457 e. The van der Waals surface area contributed by atoms with Crippen molar-refractivity contribution in [1.82, 2.24) is 0 Å². The lowest BCUT2D eigenvalue weighted by atomic mass is 10.1. The molecule has 1 aromatic carbocycles. The number of allylic oxidation sites excluding steroid dienone is 2. The first kappa shape index (κ1) is 16.1. The van der Waals surface area contributed by atoms with Crippen molar-refractivity contribution in [2.45, 2.75) is 0 Å². The number of benzene rings is 1. The van der Waals surface area contributed by atoms with E-state index in [-0.39, 0.29) is 16.8 Å². The van der Waals surface area contributed by atoms with Gasteiger partial charge in [-0.1, -0.05) is 34.1 Å². The molecule has 0 atom stereocenters. The molecule has 1 aromatic heterocycles. The molecule has 6 heteroatoms. The van der Waals surface area contributed by atoms with E-state index in [1.54, 1.807) is 24.3 Å². The quantitative estimate of drug-likeness (QED) is 0.656. The van der Waals surface area contributed by atoms with Gasteiger partial charge in [0.05, 0.1) is 11.3 Å². The molecule has 0 saturated carbocycles. The van der Waals surface area contributed by atoms with Crippen molar-refractivity contribution in [3.63, 3.8) is 0 Å². The Balaban J connectivity index is 2.44. The number of rotatable bonds is 3. The molecule has 2 N–H and O–H groups in total. The molecule has 0 unspecified atom stereocenters. The molecular formula is C17H9BrN4O. The Kier molecular flexibility index (Phi) is 5.00. The van der Waals surface area contributed by atoms with Crippen molar-refractivity contribution in [3.05, 3.63) is 63.5 Å². The van der Waals surface area contributed by atoms with Crippen LogP contribution in [0.1, 0.15) is 5.76 Å². The minimum atomic E-state index is -0.310. The number of furan rings is 1. The molecule has 0 spiro atoms. The predicted molar refractivity (Wildman–Crippen MR) is 87.9 cm³/mol. The van der Waals surface area contributed by atoms with E-state index in [0.717, 1.165) is 10.0 Å². The molecule has 0 radical (unpaired) electrons. The molecule has 2 rings (SSSR count). The number of nitriles is 3. The van der Waals surface area contributed by atoms with Gasteiger partial charge in [-0.3, -0.25) is 0 Å². The summed E-state index contributed by atoms with van der Waals surface area (Å²) in [6.07, 6.45) is 1.39.